The molecule has 1 aromatic carbocycles. The molecule has 0 unspecified atom stereocenters. The second kappa shape index (κ2) is 10.1. The van der Waals surface area contributed by atoms with Gasteiger partial charge in [-0.05, 0) is 12.0 Å². The van der Waals surface area contributed by atoms with Gasteiger partial charge >= 0.3 is 5.97 Å². The molecule has 0 heterocycles. The zero-order chi connectivity index (χ0) is 18.0. The number of thioether (sulfide) groups is 1. The Morgan fingerprint density at radius 3 is 2.46 bits per heavy atom. The first-order valence-corrected chi connectivity index (χ1v) is 8.91. The number of rotatable bonds is 9. The number of hydrogen-bond donors (Lipinski definition) is 1. The molecule has 0 bridgehead atoms. The van der Waals surface area contributed by atoms with Gasteiger partial charge in [-0.25, -0.2) is 0 Å². The minimum absolute atomic E-state index is 0.00274. The Balaban J connectivity index is 2.19. The average molecular weight is 351 g/mol. The molecule has 0 radical (unpaired) electrons. The predicted molar refractivity (Wildman–Crippen MR) is 95.4 cm³/mol. The molecule has 1 rings (SSSR count). The van der Waals surface area contributed by atoms with Gasteiger partial charge in [0, 0.05) is 25.6 Å². The van der Waals surface area contributed by atoms with Crippen molar-refractivity contribution < 1.29 is 19.1 Å². The average Bonchev–Trinajstić information content (AvgIpc) is 2.55. The van der Waals surface area contributed by atoms with Crippen molar-refractivity contribution in [3.63, 3.8) is 0 Å². The van der Waals surface area contributed by atoms with Crippen LogP contribution in [-0.4, -0.2) is 29.3 Å². The molecule has 1 aromatic rings. The van der Waals surface area contributed by atoms with Gasteiger partial charge in [0.25, 0.3) is 0 Å². The van der Waals surface area contributed by atoms with E-state index in [4.69, 9.17) is 4.74 Å². The molecule has 0 spiro atoms. The summed E-state index contributed by atoms with van der Waals surface area (Å²) in [6.45, 7) is 5.76. The summed E-state index contributed by atoms with van der Waals surface area (Å²) >= 11 is 1.14. The quantitative estimate of drug-likeness (QED) is 0.547. The molecule has 24 heavy (non-hydrogen) atoms. The van der Waals surface area contributed by atoms with E-state index in [1.54, 1.807) is 13.8 Å². The van der Waals surface area contributed by atoms with E-state index in [1.807, 2.05) is 30.3 Å². The van der Waals surface area contributed by atoms with Crippen LogP contribution in [0.4, 0.5) is 0 Å². The molecule has 132 valence electrons. The van der Waals surface area contributed by atoms with Crippen molar-refractivity contribution in [2.24, 2.45) is 5.41 Å². The summed E-state index contributed by atoms with van der Waals surface area (Å²) < 4.78 is 5.17. The van der Waals surface area contributed by atoms with E-state index in [0.29, 0.717) is 18.7 Å². The molecule has 0 aliphatic carbocycles. The molecule has 0 aliphatic heterocycles. The fourth-order valence-electron chi connectivity index (χ4n) is 1.83. The van der Waals surface area contributed by atoms with E-state index in [1.165, 1.54) is 6.92 Å². The lowest BCUT2D eigenvalue weighted by atomic mass is 9.95. The fourth-order valence-corrected chi connectivity index (χ4v) is 2.53. The van der Waals surface area contributed by atoms with Crippen LogP contribution in [0.15, 0.2) is 30.3 Å². The van der Waals surface area contributed by atoms with Crippen LogP contribution in [0.1, 0.15) is 39.2 Å². The van der Waals surface area contributed by atoms with Gasteiger partial charge in [-0.3, -0.25) is 14.4 Å². The van der Waals surface area contributed by atoms with Gasteiger partial charge in [-0.2, -0.15) is 0 Å². The second-order valence-corrected chi connectivity index (χ2v) is 7.32. The number of nitrogens with one attached hydrogen (secondary N) is 1. The van der Waals surface area contributed by atoms with Crippen LogP contribution in [0.25, 0.3) is 0 Å². The van der Waals surface area contributed by atoms with Crippen LogP contribution in [0.3, 0.4) is 0 Å². The second-order valence-electron chi connectivity index (χ2n) is 6.17. The summed E-state index contributed by atoms with van der Waals surface area (Å²) in [6, 6.07) is 9.49. The number of ether oxygens (including phenoxy) is 1. The standard InChI is InChI=1S/C18H25NO4S/c1-14(20)24-13-18(2,3)17(22)19-11-7-10-16(21)23-12-15-8-5-4-6-9-15/h4-6,8-9H,7,10-13H2,1-3H3,(H,19,22). The Morgan fingerprint density at radius 2 is 1.83 bits per heavy atom. The molecule has 5 nitrogen and oxygen atoms in total. The first-order valence-electron chi connectivity index (χ1n) is 7.92. The minimum atomic E-state index is -0.621. The molecule has 6 heteroatoms. The molecule has 0 aromatic heterocycles. The topological polar surface area (TPSA) is 72.5 Å². The normalized spacial score (nSPS) is 11.0. The molecule has 0 fully saturated rings. The van der Waals surface area contributed by atoms with Crippen LogP contribution < -0.4 is 5.32 Å². The predicted octanol–water partition coefficient (Wildman–Crippen LogP) is 2.93. The maximum Gasteiger partial charge on any atom is 0.306 e. The van der Waals surface area contributed by atoms with Gasteiger partial charge in [-0.15, -0.1) is 0 Å². The van der Waals surface area contributed by atoms with Gasteiger partial charge in [0.15, 0.2) is 5.12 Å². The van der Waals surface area contributed by atoms with Crippen LogP contribution in [0.2, 0.25) is 0 Å². The summed E-state index contributed by atoms with van der Waals surface area (Å²) in [4.78, 5) is 34.7. The Morgan fingerprint density at radius 1 is 1.17 bits per heavy atom. The summed E-state index contributed by atoms with van der Waals surface area (Å²) in [5, 5.41) is 2.80. The Labute approximate surface area is 147 Å². The van der Waals surface area contributed by atoms with E-state index in [-0.39, 0.29) is 30.0 Å². The Kier molecular flexibility index (Phi) is 8.54. The van der Waals surface area contributed by atoms with Crippen molar-refractivity contribution >= 4 is 28.8 Å². The molecular weight excluding hydrogens is 326 g/mol. The van der Waals surface area contributed by atoms with E-state index >= 15 is 0 Å². The van der Waals surface area contributed by atoms with Crippen molar-refractivity contribution in [2.45, 2.75) is 40.2 Å². The van der Waals surface area contributed by atoms with Crippen LogP contribution in [-0.2, 0) is 25.7 Å². The lowest BCUT2D eigenvalue weighted by molar-refractivity contribution is -0.145. The number of carbonyl (C=O) groups is 3. The third-order valence-electron chi connectivity index (χ3n) is 3.34. The molecule has 0 saturated carbocycles. The van der Waals surface area contributed by atoms with Gasteiger partial charge in [0.2, 0.25) is 5.91 Å². The monoisotopic (exact) mass is 351 g/mol. The third-order valence-corrected chi connectivity index (χ3v) is 4.61. The summed E-state index contributed by atoms with van der Waals surface area (Å²) in [5.74, 6) is 0.0428. The molecule has 0 aliphatic rings. The lowest BCUT2D eigenvalue weighted by Crippen LogP contribution is -2.39. The zero-order valence-corrected chi connectivity index (χ0v) is 15.3. The van der Waals surface area contributed by atoms with Crippen molar-refractivity contribution in [1.29, 1.82) is 0 Å². The fraction of sp³-hybridized carbons (Fsp3) is 0.500. The van der Waals surface area contributed by atoms with Gasteiger partial charge in [0.1, 0.15) is 6.61 Å². The number of hydrogen-bond acceptors (Lipinski definition) is 5. The highest BCUT2D eigenvalue weighted by molar-refractivity contribution is 8.13. The van der Waals surface area contributed by atoms with Crippen molar-refractivity contribution in [2.75, 3.05) is 12.3 Å². The van der Waals surface area contributed by atoms with E-state index < -0.39 is 5.41 Å². The minimum Gasteiger partial charge on any atom is -0.461 e. The van der Waals surface area contributed by atoms with Crippen LogP contribution in [0.5, 0.6) is 0 Å². The number of benzene rings is 1. The smallest absolute Gasteiger partial charge is 0.306 e. The van der Waals surface area contributed by atoms with Crippen molar-refractivity contribution in [3.05, 3.63) is 35.9 Å². The molecular formula is C18H25NO4S. The number of esters is 1. The molecule has 1 N–H and O–H groups in total. The highest BCUT2D eigenvalue weighted by Gasteiger charge is 2.27. The van der Waals surface area contributed by atoms with E-state index in [9.17, 15) is 14.4 Å². The molecule has 0 atom stereocenters. The van der Waals surface area contributed by atoms with Crippen LogP contribution >= 0.6 is 11.8 Å². The maximum absolute atomic E-state index is 12.1. The summed E-state index contributed by atoms with van der Waals surface area (Å²) in [5.41, 5.74) is 0.327. The lowest BCUT2D eigenvalue weighted by Gasteiger charge is -2.22. The maximum atomic E-state index is 12.1. The highest BCUT2D eigenvalue weighted by Crippen LogP contribution is 2.22. The first-order chi connectivity index (χ1) is 11.3. The number of amides is 1. The van der Waals surface area contributed by atoms with Gasteiger partial charge in [0.05, 0.1) is 5.41 Å². The first kappa shape index (κ1) is 20.2. The van der Waals surface area contributed by atoms with Crippen molar-refractivity contribution in [3.8, 4) is 0 Å². The van der Waals surface area contributed by atoms with E-state index in [2.05, 4.69) is 5.32 Å². The summed E-state index contributed by atoms with van der Waals surface area (Å²) in [6.07, 6.45) is 0.783. The Hall–Kier alpha value is -1.82. The zero-order valence-electron chi connectivity index (χ0n) is 14.5. The number of carbonyl (C=O) groups excluding carboxylic acids is 3. The van der Waals surface area contributed by atoms with Crippen molar-refractivity contribution in [1.82, 2.24) is 5.32 Å². The van der Waals surface area contributed by atoms with E-state index in [0.717, 1.165) is 17.3 Å². The molecule has 0 saturated heterocycles. The van der Waals surface area contributed by atoms with Gasteiger partial charge < -0.3 is 10.1 Å². The SMILES string of the molecule is CC(=O)SCC(C)(C)C(=O)NCCCC(=O)OCc1ccccc1. The molecule has 1 amide bonds. The largest absolute Gasteiger partial charge is 0.461 e. The highest BCUT2D eigenvalue weighted by atomic mass is 32.2. The third kappa shape index (κ3) is 8.15. The Bertz CT molecular complexity index is 557. The van der Waals surface area contributed by atoms with Crippen LogP contribution in [0, 0.1) is 5.41 Å². The summed E-state index contributed by atoms with van der Waals surface area (Å²) in [7, 11) is 0. The van der Waals surface area contributed by atoms with Gasteiger partial charge in [-0.1, -0.05) is 55.9 Å².